The molecule has 4 atom stereocenters. The van der Waals surface area contributed by atoms with E-state index in [2.05, 4.69) is 20.9 Å². The minimum atomic E-state index is -1.15. The molecule has 11 heteroatoms. The number of amides is 3. The van der Waals surface area contributed by atoms with Crippen LogP contribution in [0.15, 0.2) is 60.8 Å². The van der Waals surface area contributed by atoms with Gasteiger partial charge in [0.25, 0.3) is 0 Å². The molecule has 208 valence electrons. The van der Waals surface area contributed by atoms with Crippen molar-refractivity contribution in [1.29, 1.82) is 0 Å². The van der Waals surface area contributed by atoms with E-state index < -0.39 is 47.9 Å². The number of benzene rings is 2. The first-order valence-electron chi connectivity index (χ1n) is 12.7. The van der Waals surface area contributed by atoms with E-state index in [1.165, 1.54) is 18.7 Å². The predicted molar refractivity (Wildman–Crippen MR) is 152 cm³/mol. The summed E-state index contributed by atoms with van der Waals surface area (Å²) in [6.07, 6.45) is 4.27. The van der Waals surface area contributed by atoms with Crippen LogP contribution in [0.3, 0.4) is 0 Å². The lowest BCUT2D eigenvalue weighted by Gasteiger charge is -2.24. The van der Waals surface area contributed by atoms with Gasteiger partial charge in [-0.2, -0.15) is 11.8 Å². The average Bonchev–Trinajstić information content (AvgIpc) is 3.33. The third-order valence-corrected chi connectivity index (χ3v) is 6.99. The molecule has 0 saturated heterocycles. The van der Waals surface area contributed by atoms with E-state index >= 15 is 0 Å². The topological polar surface area (TPSA) is 166 Å². The van der Waals surface area contributed by atoms with Crippen molar-refractivity contribution >= 4 is 46.4 Å². The molecule has 3 aromatic rings. The van der Waals surface area contributed by atoms with Crippen LogP contribution < -0.4 is 21.7 Å². The van der Waals surface area contributed by atoms with Crippen LogP contribution in [0.2, 0.25) is 0 Å². The normalized spacial score (nSPS) is 14.1. The molecule has 0 saturated carbocycles. The molecule has 39 heavy (non-hydrogen) atoms. The lowest BCUT2D eigenvalue weighted by atomic mass is 10.0. The van der Waals surface area contributed by atoms with Gasteiger partial charge in [0.05, 0.1) is 6.04 Å². The Hall–Kier alpha value is -3.83. The van der Waals surface area contributed by atoms with Gasteiger partial charge >= 0.3 is 5.97 Å². The third-order valence-electron chi connectivity index (χ3n) is 6.34. The van der Waals surface area contributed by atoms with Gasteiger partial charge in [-0.05, 0) is 49.0 Å². The molecule has 0 radical (unpaired) electrons. The Kier molecular flexibility index (Phi) is 10.9. The number of thioether (sulfide) groups is 1. The highest BCUT2D eigenvalue weighted by molar-refractivity contribution is 7.98. The molecule has 3 rings (SSSR count). The van der Waals surface area contributed by atoms with Crippen LogP contribution >= 0.6 is 11.8 Å². The molecule has 2 aromatic carbocycles. The monoisotopic (exact) mass is 553 g/mol. The maximum Gasteiger partial charge on any atom is 0.326 e. The summed E-state index contributed by atoms with van der Waals surface area (Å²) in [5, 5.41) is 18.3. The summed E-state index contributed by atoms with van der Waals surface area (Å²) in [4.78, 5) is 53.9. The van der Waals surface area contributed by atoms with E-state index in [1.54, 1.807) is 6.20 Å². The van der Waals surface area contributed by atoms with Crippen LogP contribution in [0, 0.1) is 0 Å². The zero-order chi connectivity index (χ0) is 28.4. The van der Waals surface area contributed by atoms with Crippen LogP contribution in [-0.2, 0) is 32.0 Å². The maximum atomic E-state index is 13.3. The number of fused-ring (bicyclic) bond motifs is 1. The highest BCUT2D eigenvalue weighted by atomic mass is 32.2. The molecular formula is C28H35N5O5S. The molecule has 3 amide bonds. The van der Waals surface area contributed by atoms with Crippen molar-refractivity contribution in [2.45, 2.75) is 50.4 Å². The fraction of sp³-hybridized carbons (Fsp3) is 0.357. The molecule has 0 bridgehead atoms. The molecule has 0 spiro atoms. The summed E-state index contributed by atoms with van der Waals surface area (Å²) in [5.41, 5.74) is 8.59. The predicted octanol–water partition coefficient (Wildman–Crippen LogP) is 1.59. The molecule has 7 N–H and O–H groups in total. The zero-order valence-electron chi connectivity index (χ0n) is 22.0. The summed E-state index contributed by atoms with van der Waals surface area (Å²) < 4.78 is 0. The zero-order valence-corrected chi connectivity index (χ0v) is 22.8. The van der Waals surface area contributed by atoms with Gasteiger partial charge < -0.3 is 31.8 Å². The molecule has 0 aliphatic carbocycles. The number of aromatic nitrogens is 1. The first-order chi connectivity index (χ1) is 18.7. The van der Waals surface area contributed by atoms with Crippen molar-refractivity contribution in [3.63, 3.8) is 0 Å². The van der Waals surface area contributed by atoms with Gasteiger partial charge in [-0.15, -0.1) is 0 Å². The average molecular weight is 554 g/mol. The second kappa shape index (κ2) is 14.4. The van der Waals surface area contributed by atoms with Crippen molar-refractivity contribution in [2.75, 3.05) is 12.0 Å². The van der Waals surface area contributed by atoms with Crippen molar-refractivity contribution in [1.82, 2.24) is 20.9 Å². The number of hydrogen-bond donors (Lipinski definition) is 6. The second-order valence-electron chi connectivity index (χ2n) is 9.33. The van der Waals surface area contributed by atoms with Crippen molar-refractivity contribution < 1.29 is 24.3 Å². The van der Waals surface area contributed by atoms with Gasteiger partial charge in [0.1, 0.15) is 18.1 Å². The van der Waals surface area contributed by atoms with E-state index in [0.29, 0.717) is 12.2 Å². The molecular weight excluding hydrogens is 518 g/mol. The molecule has 1 aromatic heterocycles. The van der Waals surface area contributed by atoms with Crippen LogP contribution in [0.5, 0.6) is 0 Å². The number of H-pyrrole nitrogens is 1. The summed E-state index contributed by atoms with van der Waals surface area (Å²) in [6.45, 7) is 1.50. The first kappa shape index (κ1) is 29.7. The van der Waals surface area contributed by atoms with Crippen molar-refractivity contribution in [3.05, 3.63) is 71.9 Å². The number of aliphatic carboxylic acids is 1. The number of carbonyl (C=O) groups excluding carboxylic acids is 3. The van der Waals surface area contributed by atoms with Gasteiger partial charge in [-0.25, -0.2) is 4.79 Å². The van der Waals surface area contributed by atoms with Crippen LogP contribution in [-0.4, -0.2) is 70.0 Å². The minimum Gasteiger partial charge on any atom is -0.480 e. The summed E-state index contributed by atoms with van der Waals surface area (Å²) in [7, 11) is 0. The van der Waals surface area contributed by atoms with Crippen LogP contribution in [0.1, 0.15) is 24.5 Å². The highest BCUT2D eigenvalue weighted by Crippen LogP contribution is 2.19. The number of rotatable bonds is 14. The number of carboxylic acid groups (broad SMARTS) is 1. The largest absolute Gasteiger partial charge is 0.480 e. The smallest absolute Gasteiger partial charge is 0.326 e. The maximum absolute atomic E-state index is 13.3. The molecule has 0 fully saturated rings. The van der Waals surface area contributed by atoms with E-state index in [9.17, 15) is 24.3 Å². The molecule has 4 unspecified atom stereocenters. The van der Waals surface area contributed by atoms with Crippen molar-refractivity contribution in [3.8, 4) is 0 Å². The van der Waals surface area contributed by atoms with E-state index in [-0.39, 0.29) is 12.8 Å². The Labute approximate surface area is 231 Å². The number of nitrogens with two attached hydrogens (primary N) is 1. The Morgan fingerprint density at radius 2 is 1.56 bits per heavy atom. The highest BCUT2D eigenvalue weighted by Gasteiger charge is 2.29. The van der Waals surface area contributed by atoms with Gasteiger partial charge in [0.15, 0.2) is 0 Å². The van der Waals surface area contributed by atoms with Gasteiger partial charge in [-0.3, -0.25) is 14.4 Å². The summed E-state index contributed by atoms with van der Waals surface area (Å²) in [5.74, 6) is -2.32. The summed E-state index contributed by atoms with van der Waals surface area (Å²) in [6, 6.07) is 12.8. The van der Waals surface area contributed by atoms with E-state index in [4.69, 9.17) is 5.73 Å². The Balaban J connectivity index is 1.71. The Morgan fingerprint density at radius 1 is 0.897 bits per heavy atom. The molecule has 10 nitrogen and oxygen atoms in total. The fourth-order valence-corrected chi connectivity index (χ4v) is 4.61. The number of nitrogens with one attached hydrogen (secondary N) is 4. The van der Waals surface area contributed by atoms with Gasteiger partial charge in [0.2, 0.25) is 17.7 Å². The molecule has 0 aliphatic heterocycles. The van der Waals surface area contributed by atoms with Crippen LogP contribution in [0.25, 0.3) is 10.9 Å². The Morgan fingerprint density at radius 3 is 2.26 bits per heavy atom. The molecule has 0 aliphatic rings. The fourth-order valence-electron chi connectivity index (χ4n) is 4.14. The van der Waals surface area contributed by atoms with Gasteiger partial charge in [-0.1, -0.05) is 48.5 Å². The SMILES string of the molecule is CSCCC(NC(=O)C(Cc1c[nH]c2ccccc12)NC(=O)C(C)NC(=O)C(N)Cc1ccccc1)C(=O)O. The lowest BCUT2D eigenvalue weighted by Crippen LogP contribution is -2.57. The minimum absolute atomic E-state index is 0.116. The standard InChI is InChI=1S/C28H35N5O5S/c1-17(31-26(35)21(29)14-18-8-4-3-5-9-18)25(34)33-24(27(36)32-23(28(37)38)12-13-39-2)15-19-16-30-22-11-7-6-10-20(19)22/h3-11,16-17,21,23-24,30H,12-15,29H2,1-2H3,(H,31,35)(H,32,36)(H,33,34)(H,37,38). The quantitative estimate of drug-likeness (QED) is 0.176. The van der Waals surface area contributed by atoms with Gasteiger partial charge in [0, 0.05) is 23.5 Å². The first-order valence-corrected chi connectivity index (χ1v) is 14.1. The second-order valence-corrected chi connectivity index (χ2v) is 10.3. The molecule has 1 heterocycles. The van der Waals surface area contributed by atoms with Crippen molar-refractivity contribution in [2.24, 2.45) is 5.73 Å². The number of para-hydroxylation sites is 1. The number of aromatic amines is 1. The Bertz CT molecular complexity index is 1280. The summed E-state index contributed by atoms with van der Waals surface area (Å²) >= 11 is 1.47. The number of hydrogen-bond acceptors (Lipinski definition) is 6. The van der Waals surface area contributed by atoms with E-state index in [0.717, 1.165) is 22.0 Å². The number of carboxylic acids is 1. The third kappa shape index (κ3) is 8.59. The van der Waals surface area contributed by atoms with Crippen LogP contribution in [0.4, 0.5) is 0 Å². The lowest BCUT2D eigenvalue weighted by molar-refractivity contribution is -0.142. The van der Waals surface area contributed by atoms with E-state index in [1.807, 2.05) is 60.9 Å². The number of carbonyl (C=O) groups is 4.